The Balaban J connectivity index is 2.92. The standard InChI is InChI=1S/C7H5BrF3NO2/c8-6-2-5(14-7(9,10)11)1-4(3-13)12-6/h1-2,13H,3H2. The second-order valence-electron chi connectivity index (χ2n) is 2.32. The fraction of sp³-hybridized carbons (Fsp3) is 0.286. The van der Waals surface area contributed by atoms with Crippen LogP contribution in [0.2, 0.25) is 0 Å². The molecule has 0 aliphatic carbocycles. The van der Waals surface area contributed by atoms with Gasteiger partial charge >= 0.3 is 6.36 Å². The van der Waals surface area contributed by atoms with Crippen molar-refractivity contribution in [3.05, 3.63) is 22.4 Å². The van der Waals surface area contributed by atoms with Crippen LogP contribution in [-0.4, -0.2) is 16.5 Å². The van der Waals surface area contributed by atoms with Gasteiger partial charge in [0.1, 0.15) is 10.4 Å². The molecule has 1 aromatic rings. The molecule has 0 atom stereocenters. The average Bonchev–Trinajstić information content (AvgIpc) is 1.99. The molecule has 1 heterocycles. The first-order valence-corrected chi connectivity index (χ1v) is 4.23. The lowest BCUT2D eigenvalue weighted by molar-refractivity contribution is -0.274. The van der Waals surface area contributed by atoms with Gasteiger partial charge in [-0.05, 0) is 15.9 Å². The predicted octanol–water partition coefficient (Wildman–Crippen LogP) is 2.24. The molecule has 1 N–H and O–H groups in total. The van der Waals surface area contributed by atoms with E-state index >= 15 is 0 Å². The summed E-state index contributed by atoms with van der Waals surface area (Å²) < 4.78 is 39.2. The lowest BCUT2D eigenvalue weighted by atomic mass is 10.3. The van der Waals surface area contributed by atoms with Gasteiger partial charge in [-0.25, -0.2) is 4.98 Å². The van der Waals surface area contributed by atoms with Crippen LogP contribution in [0.4, 0.5) is 13.2 Å². The van der Waals surface area contributed by atoms with E-state index in [1.54, 1.807) is 0 Å². The molecule has 3 nitrogen and oxygen atoms in total. The van der Waals surface area contributed by atoms with Crippen molar-refractivity contribution < 1.29 is 23.0 Å². The summed E-state index contributed by atoms with van der Waals surface area (Å²) in [7, 11) is 0. The summed E-state index contributed by atoms with van der Waals surface area (Å²) in [5, 5.41) is 8.66. The van der Waals surface area contributed by atoms with Crippen LogP contribution in [0.3, 0.4) is 0 Å². The van der Waals surface area contributed by atoms with Gasteiger partial charge in [-0.1, -0.05) is 0 Å². The van der Waals surface area contributed by atoms with E-state index < -0.39 is 18.7 Å². The van der Waals surface area contributed by atoms with Gasteiger partial charge in [-0.15, -0.1) is 13.2 Å². The van der Waals surface area contributed by atoms with Gasteiger partial charge < -0.3 is 9.84 Å². The Kier molecular flexibility index (Phi) is 3.33. The van der Waals surface area contributed by atoms with Gasteiger partial charge in [-0.2, -0.15) is 0 Å². The third kappa shape index (κ3) is 3.51. The minimum Gasteiger partial charge on any atom is -0.406 e. The molecule has 0 fully saturated rings. The zero-order valence-corrected chi connectivity index (χ0v) is 8.26. The van der Waals surface area contributed by atoms with Crippen molar-refractivity contribution in [2.75, 3.05) is 0 Å². The third-order valence-corrected chi connectivity index (χ3v) is 1.62. The molecule has 0 radical (unpaired) electrons. The van der Waals surface area contributed by atoms with Crippen LogP contribution in [0.15, 0.2) is 16.7 Å². The van der Waals surface area contributed by atoms with Gasteiger partial charge in [0.2, 0.25) is 0 Å². The normalized spacial score (nSPS) is 11.5. The number of alkyl halides is 3. The molecular weight excluding hydrogens is 267 g/mol. The summed E-state index contributed by atoms with van der Waals surface area (Å²) in [5.74, 6) is -0.413. The zero-order chi connectivity index (χ0) is 10.8. The fourth-order valence-electron chi connectivity index (χ4n) is 0.799. The van der Waals surface area contributed by atoms with Crippen LogP contribution in [0.5, 0.6) is 5.75 Å². The van der Waals surface area contributed by atoms with Gasteiger partial charge in [-0.3, -0.25) is 0 Å². The Morgan fingerprint density at radius 1 is 1.43 bits per heavy atom. The molecule has 0 aromatic carbocycles. The monoisotopic (exact) mass is 271 g/mol. The molecule has 14 heavy (non-hydrogen) atoms. The second kappa shape index (κ2) is 4.14. The van der Waals surface area contributed by atoms with Crippen molar-refractivity contribution in [3.63, 3.8) is 0 Å². The van der Waals surface area contributed by atoms with Crippen molar-refractivity contribution in [2.24, 2.45) is 0 Å². The smallest absolute Gasteiger partial charge is 0.406 e. The molecule has 1 aromatic heterocycles. The summed E-state index contributed by atoms with van der Waals surface area (Å²) in [6, 6.07) is 2.07. The topological polar surface area (TPSA) is 42.4 Å². The van der Waals surface area contributed by atoms with E-state index in [-0.39, 0.29) is 10.3 Å². The second-order valence-corrected chi connectivity index (χ2v) is 3.14. The number of aliphatic hydroxyl groups is 1. The highest BCUT2D eigenvalue weighted by Crippen LogP contribution is 2.25. The maximum Gasteiger partial charge on any atom is 0.573 e. The SMILES string of the molecule is OCc1cc(OC(F)(F)F)cc(Br)n1. The minimum absolute atomic E-state index is 0.0959. The summed E-state index contributed by atoms with van der Waals surface area (Å²) in [6.07, 6.45) is -4.74. The molecule has 0 spiro atoms. The Hall–Kier alpha value is -0.820. The average molecular weight is 272 g/mol. The molecule has 0 saturated heterocycles. The van der Waals surface area contributed by atoms with Crippen molar-refractivity contribution >= 4 is 15.9 Å². The number of hydrogen-bond donors (Lipinski definition) is 1. The van der Waals surface area contributed by atoms with E-state index in [2.05, 4.69) is 25.7 Å². The third-order valence-electron chi connectivity index (χ3n) is 1.22. The molecule has 1 rings (SSSR count). The summed E-state index contributed by atoms with van der Waals surface area (Å²) in [5.41, 5.74) is 0.0959. The molecule has 0 saturated carbocycles. The summed E-state index contributed by atoms with van der Waals surface area (Å²) >= 11 is 2.89. The fourth-order valence-corrected chi connectivity index (χ4v) is 1.25. The number of hydrogen-bond acceptors (Lipinski definition) is 3. The first-order valence-electron chi connectivity index (χ1n) is 3.44. The Labute approximate surface area is 85.7 Å². The first kappa shape index (κ1) is 11.3. The number of aliphatic hydroxyl groups excluding tert-OH is 1. The van der Waals surface area contributed by atoms with E-state index in [0.717, 1.165) is 12.1 Å². The minimum atomic E-state index is -4.74. The van der Waals surface area contributed by atoms with Crippen LogP contribution in [0.1, 0.15) is 5.69 Å². The first-order chi connectivity index (χ1) is 6.40. The summed E-state index contributed by atoms with van der Waals surface area (Å²) in [6.45, 7) is -0.451. The van der Waals surface area contributed by atoms with E-state index in [9.17, 15) is 13.2 Å². The Morgan fingerprint density at radius 2 is 2.07 bits per heavy atom. The number of ether oxygens (including phenoxy) is 1. The number of rotatable bonds is 2. The van der Waals surface area contributed by atoms with E-state index in [0.29, 0.717) is 0 Å². The quantitative estimate of drug-likeness (QED) is 0.839. The predicted molar refractivity (Wildman–Crippen MR) is 44.5 cm³/mol. The van der Waals surface area contributed by atoms with Crippen LogP contribution in [-0.2, 0) is 6.61 Å². The zero-order valence-electron chi connectivity index (χ0n) is 6.68. The maximum atomic E-state index is 11.8. The molecule has 0 amide bonds. The highest BCUT2D eigenvalue weighted by Gasteiger charge is 2.31. The number of pyridine rings is 1. The lowest BCUT2D eigenvalue weighted by Crippen LogP contribution is -2.17. The molecular formula is C7H5BrF3NO2. The summed E-state index contributed by atoms with van der Waals surface area (Å²) in [4.78, 5) is 3.70. The van der Waals surface area contributed by atoms with Gasteiger partial charge in [0.15, 0.2) is 0 Å². The molecule has 0 bridgehead atoms. The number of nitrogens with zero attached hydrogens (tertiary/aromatic N) is 1. The van der Waals surface area contributed by atoms with Gasteiger partial charge in [0.25, 0.3) is 0 Å². The lowest BCUT2D eigenvalue weighted by Gasteiger charge is -2.09. The number of aromatic nitrogens is 1. The maximum absolute atomic E-state index is 11.8. The van der Waals surface area contributed by atoms with Crippen LogP contribution in [0.25, 0.3) is 0 Å². The van der Waals surface area contributed by atoms with Crippen LogP contribution in [0, 0.1) is 0 Å². The van der Waals surface area contributed by atoms with Crippen molar-refractivity contribution in [1.29, 1.82) is 0 Å². The molecule has 0 aliphatic heterocycles. The highest BCUT2D eigenvalue weighted by molar-refractivity contribution is 9.10. The molecule has 78 valence electrons. The van der Waals surface area contributed by atoms with Crippen molar-refractivity contribution in [2.45, 2.75) is 13.0 Å². The van der Waals surface area contributed by atoms with Crippen LogP contribution < -0.4 is 4.74 Å². The molecule has 7 heteroatoms. The molecule has 0 aliphatic rings. The van der Waals surface area contributed by atoms with Gasteiger partial charge in [0.05, 0.1) is 12.3 Å². The van der Waals surface area contributed by atoms with E-state index in [1.807, 2.05) is 0 Å². The van der Waals surface area contributed by atoms with Gasteiger partial charge in [0, 0.05) is 12.1 Å². The highest BCUT2D eigenvalue weighted by atomic mass is 79.9. The Morgan fingerprint density at radius 3 is 2.57 bits per heavy atom. The Bertz CT molecular complexity index is 329. The van der Waals surface area contributed by atoms with Crippen molar-refractivity contribution in [1.82, 2.24) is 4.98 Å². The van der Waals surface area contributed by atoms with Crippen LogP contribution >= 0.6 is 15.9 Å². The van der Waals surface area contributed by atoms with E-state index in [1.165, 1.54) is 0 Å². The van der Waals surface area contributed by atoms with Crippen molar-refractivity contribution in [3.8, 4) is 5.75 Å². The van der Waals surface area contributed by atoms with E-state index in [4.69, 9.17) is 5.11 Å². The molecule has 0 unspecified atom stereocenters. The number of halogens is 4. The largest absolute Gasteiger partial charge is 0.573 e.